The van der Waals surface area contributed by atoms with Crippen LogP contribution in [-0.2, 0) is 21.2 Å². The summed E-state index contributed by atoms with van der Waals surface area (Å²) in [6.07, 6.45) is 0.911. The Labute approximate surface area is 108 Å². The average Bonchev–Trinajstić information content (AvgIpc) is 2.28. The molecule has 0 aliphatic heterocycles. The molecule has 1 N–H and O–H groups in total. The first-order valence-corrected chi connectivity index (χ1v) is 7.37. The van der Waals surface area contributed by atoms with Gasteiger partial charge >= 0.3 is 0 Å². The lowest BCUT2D eigenvalue weighted by Gasteiger charge is -2.06. The molecule has 0 radical (unpaired) electrons. The summed E-state index contributed by atoms with van der Waals surface area (Å²) < 4.78 is 25.3. The summed E-state index contributed by atoms with van der Waals surface area (Å²) in [6, 6.07) is 6.40. The molecule has 0 atom stereocenters. The lowest BCUT2D eigenvalue weighted by Crippen LogP contribution is -2.18. The van der Waals surface area contributed by atoms with E-state index in [4.69, 9.17) is 0 Å². The van der Waals surface area contributed by atoms with Gasteiger partial charge in [0.1, 0.15) is 5.78 Å². The molecule has 0 amide bonds. The maximum Gasteiger partial charge on any atom is 0.240 e. The van der Waals surface area contributed by atoms with Crippen molar-refractivity contribution in [2.24, 2.45) is 5.92 Å². The average molecular weight is 269 g/mol. The van der Waals surface area contributed by atoms with Gasteiger partial charge in [-0.3, -0.25) is 4.79 Å². The molecule has 1 aromatic carbocycles. The van der Waals surface area contributed by atoms with Gasteiger partial charge < -0.3 is 0 Å². The van der Waals surface area contributed by atoms with Crippen molar-refractivity contribution < 1.29 is 13.2 Å². The van der Waals surface area contributed by atoms with Crippen LogP contribution in [0.1, 0.15) is 25.8 Å². The smallest absolute Gasteiger partial charge is 0.240 e. The molecular weight excluding hydrogens is 250 g/mol. The first kappa shape index (κ1) is 14.9. The van der Waals surface area contributed by atoms with E-state index in [1.807, 2.05) is 13.8 Å². The molecule has 0 unspecified atom stereocenters. The molecule has 0 saturated heterocycles. The summed E-state index contributed by atoms with van der Waals surface area (Å²) in [5, 5.41) is 0. The molecule has 100 valence electrons. The Kier molecular flexibility index (Phi) is 5.04. The molecule has 0 aliphatic rings. The van der Waals surface area contributed by atoms with Crippen molar-refractivity contribution in [3.8, 4) is 0 Å². The molecule has 0 spiro atoms. The van der Waals surface area contributed by atoms with E-state index in [1.165, 1.54) is 19.2 Å². The number of ketones is 1. The van der Waals surface area contributed by atoms with Gasteiger partial charge in [-0.15, -0.1) is 0 Å². The lowest BCUT2D eigenvalue weighted by molar-refractivity contribution is -0.119. The largest absolute Gasteiger partial charge is 0.299 e. The molecule has 0 aliphatic carbocycles. The second kappa shape index (κ2) is 6.11. The summed E-state index contributed by atoms with van der Waals surface area (Å²) >= 11 is 0. The molecule has 4 nitrogen and oxygen atoms in total. The first-order valence-electron chi connectivity index (χ1n) is 5.89. The highest BCUT2D eigenvalue weighted by Gasteiger charge is 2.11. The van der Waals surface area contributed by atoms with Gasteiger partial charge in [-0.1, -0.05) is 26.0 Å². The number of hydrogen-bond donors (Lipinski definition) is 1. The van der Waals surface area contributed by atoms with E-state index >= 15 is 0 Å². The van der Waals surface area contributed by atoms with Crippen LogP contribution >= 0.6 is 0 Å². The van der Waals surface area contributed by atoms with E-state index < -0.39 is 10.0 Å². The van der Waals surface area contributed by atoms with Gasteiger partial charge in [0, 0.05) is 12.8 Å². The van der Waals surface area contributed by atoms with Crippen LogP contribution in [0.4, 0.5) is 0 Å². The number of hydrogen-bond acceptors (Lipinski definition) is 3. The summed E-state index contributed by atoms with van der Waals surface area (Å²) in [6.45, 7) is 4.00. The number of carbonyl (C=O) groups excluding carboxylic acids is 1. The van der Waals surface area contributed by atoms with E-state index in [9.17, 15) is 13.2 Å². The molecular formula is C13H19NO3S. The zero-order valence-electron chi connectivity index (χ0n) is 10.9. The predicted molar refractivity (Wildman–Crippen MR) is 70.9 cm³/mol. The summed E-state index contributed by atoms with van der Waals surface area (Å²) in [4.78, 5) is 11.8. The second-order valence-corrected chi connectivity index (χ2v) is 6.55. The van der Waals surface area contributed by atoms with E-state index in [-0.39, 0.29) is 10.7 Å². The van der Waals surface area contributed by atoms with E-state index in [1.54, 1.807) is 12.1 Å². The second-order valence-electron chi connectivity index (χ2n) is 4.66. The van der Waals surface area contributed by atoms with Crippen molar-refractivity contribution in [3.63, 3.8) is 0 Å². The van der Waals surface area contributed by atoms with Crippen molar-refractivity contribution in [2.75, 3.05) is 7.05 Å². The van der Waals surface area contributed by atoms with Crippen LogP contribution in [0.5, 0.6) is 0 Å². The van der Waals surface area contributed by atoms with E-state index in [0.717, 1.165) is 5.56 Å². The van der Waals surface area contributed by atoms with Crippen molar-refractivity contribution >= 4 is 15.8 Å². The van der Waals surface area contributed by atoms with Gasteiger partial charge in [-0.25, -0.2) is 13.1 Å². The van der Waals surface area contributed by atoms with Gasteiger partial charge in [0.25, 0.3) is 0 Å². The van der Waals surface area contributed by atoms with Gasteiger partial charge in [0.2, 0.25) is 10.0 Å². The molecule has 1 aromatic rings. The fourth-order valence-corrected chi connectivity index (χ4v) is 2.39. The minimum absolute atomic E-state index is 0.175. The maximum absolute atomic E-state index is 11.6. The third-order valence-electron chi connectivity index (χ3n) is 2.54. The third-order valence-corrected chi connectivity index (χ3v) is 3.97. The number of carbonyl (C=O) groups is 1. The number of sulfonamides is 1. The van der Waals surface area contributed by atoms with Crippen LogP contribution in [0.3, 0.4) is 0 Å². The fraction of sp³-hybridized carbons (Fsp3) is 0.462. The Bertz CT molecular complexity index is 504. The highest BCUT2D eigenvalue weighted by molar-refractivity contribution is 7.89. The summed E-state index contributed by atoms with van der Waals surface area (Å²) in [5.41, 5.74) is 0.843. The zero-order chi connectivity index (χ0) is 13.8. The Morgan fingerprint density at radius 1 is 1.22 bits per heavy atom. The van der Waals surface area contributed by atoms with Crippen molar-refractivity contribution in [2.45, 2.75) is 31.6 Å². The quantitative estimate of drug-likeness (QED) is 0.855. The van der Waals surface area contributed by atoms with Crippen LogP contribution < -0.4 is 4.72 Å². The monoisotopic (exact) mass is 269 g/mol. The van der Waals surface area contributed by atoms with E-state index in [2.05, 4.69) is 4.72 Å². The van der Waals surface area contributed by atoms with Gasteiger partial charge in [-0.05, 0) is 30.7 Å². The highest BCUT2D eigenvalue weighted by atomic mass is 32.2. The van der Waals surface area contributed by atoms with Crippen LogP contribution in [0.2, 0.25) is 0 Å². The SMILES string of the molecule is CNS(=O)(=O)c1ccc(CC(=O)CC(C)C)cc1. The first-order chi connectivity index (χ1) is 8.35. The van der Waals surface area contributed by atoms with Crippen molar-refractivity contribution in [3.05, 3.63) is 29.8 Å². The number of benzene rings is 1. The summed E-state index contributed by atoms with van der Waals surface area (Å²) in [5.74, 6) is 0.524. The Morgan fingerprint density at radius 3 is 2.22 bits per heavy atom. The lowest BCUT2D eigenvalue weighted by atomic mass is 10.0. The van der Waals surface area contributed by atoms with Crippen LogP contribution in [0.15, 0.2) is 29.2 Å². The predicted octanol–water partition coefficient (Wildman–Crippen LogP) is 1.75. The summed E-state index contributed by atoms with van der Waals surface area (Å²) in [7, 11) is -2.03. The van der Waals surface area contributed by atoms with Gasteiger partial charge in [-0.2, -0.15) is 0 Å². The van der Waals surface area contributed by atoms with Gasteiger partial charge in [0.05, 0.1) is 4.90 Å². The van der Waals surface area contributed by atoms with Gasteiger partial charge in [0.15, 0.2) is 0 Å². The molecule has 5 heteroatoms. The number of nitrogens with one attached hydrogen (secondary N) is 1. The fourth-order valence-electron chi connectivity index (χ4n) is 1.66. The van der Waals surface area contributed by atoms with Crippen molar-refractivity contribution in [1.29, 1.82) is 0 Å². The molecule has 1 rings (SSSR count). The number of Topliss-reactive ketones (excluding diaryl/α,β-unsaturated/α-hetero) is 1. The molecule has 0 fully saturated rings. The van der Waals surface area contributed by atoms with Crippen LogP contribution in [0.25, 0.3) is 0 Å². The topological polar surface area (TPSA) is 63.2 Å². The standard InChI is InChI=1S/C13H19NO3S/c1-10(2)8-12(15)9-11-4-6-13(7-5-11)18(16,17)14-3/h4-7,10,14H,8-9H2,1-3H3. The Hall–Kier alpha value is -1.20. The molecule has 0 saturated carbocycles. The maximum atomic E-state index is 11.6. The zero-order valence-corrected chi connectivity index (χ0v) is 11.8. The molecule has 0 bridgehead atoms. The Balaban J connectivity index is 2.75. The third kappa shape index (κ3) is 4.23. The number of rotatable bonds is 6. The molecule has 18 heavy (non-hydrogen) atoms. The van der Waals surface area contributed by atoms with Crippen LogP contribution in [0, 0.1) is 5.92 Å². The van der Waals surface area contributed by atoms with Crippen molar-refractivity contribution in [1.82, 2.24) is 4.72 Å². The molecule has 0 aromatic heterocycles. The van der Waals surface area contributed by atoms with E-state index in [0.29, 0.717) is 18.8 Å². The minimum Gasteiger partial charge on any atom is -0.299 e. The molecule has 0 heterocycles. The highest BCUT2D eigenvalue weighted by Crippen LogP contribution is 2.12. The minimum atomic E-state index is -3.40. The van der Waals surface area contributed by atoms with Crippen LogP contribution in [-0.4, -0.2) is 21.2 Å². The normalized spacial score (nSPS) is 11.8. The Morgan fingerprint density at radius 2 is 1.78 bits per heavy atom.